The summed E-state index contributed by atoms with van der Waals surface area (Å²) in [7, 11) is 0. The molecular formula is C20H19F3O4. The topological polar surface area (TPSA) is 52.6 Å². The van der Waals surface area contributed by atoms with Gasteiger partial charge < -0.3 is 9.47 Å². The van der Waals surface area contributed by atoms with Crippen molar-refractivity contribution in [2.75, 3.05) is 6.61 Å². The van der Waals surface area contributed by atoms with E-state index in [9.17, 15) is 22.8 Å². The summed E-state index contributed by atoms with van der Waals surface area (Å²) in [5.74, 6) is -0.563. The van der Waals surface area contributed by atoms with Crippen molar-refractivity contribution in [2.24, 2.45) is 0 Å². The zero-order chi connectivity index (χ0) is 20.2. The molecule has 0 unspecified atom stereocenters. The van der Waals surface area contributed by atoms with Crippen molar-refractivity contribution in [3.05, 3.63) is 53.6 Å². The third-order valence-electron chi connectivity index (χ3n) is 3.41. The summed E-state index contributed by atoms with van der Waals surface area (Å²) in [5.41, 5.74) is -0.773. The minimum atomic E-state index is -4.54. The Bertz CT molecular complexity index is 836. The van der Waals surface area contributed by atoms with E-state index in [1.807, 2.05) is 0 Å². The highest BCUT2D eigenvalue weighted by atomic mass is 19.4. The molecule has 0 spiro atoms. The van der Waals surface area contributed by atoms with Gasteiger partial charge in [-0.1, -0.05) is 18.2 Å². The van der Waals surface area contributed by atoms with Crippen LogP contribution in [0.2, 0.25) is 0 Å². The number of hydrogen-bond donors (Lipinski definition) is 0. The molecule has 0 saturated heterocycles. The van der Waals surface area contributed by atoms with E-state index in [0.29, 0.717) is 17.4 Å². The van der Waals surface area contributed by atoms with Crippen LogP contribution in [0, 0.1) is 0 Å². The highest BCUT2D eigenvalue weighted by molar-refractivity contribution is 5.81. The Labute approximate surface area is 154 Å². The highest BCUT2D eigenvalue weighted by Crippen LogP contribution is 2.37. The van der Waals surface area contributed by atoms with Crippen LogP contribution in [0.1, 0.15) is 36.7 Å². The standard InChI is InChI=1S/C20H19F3O4/c1-19(2,3)27-18(25)12-26-17-8-7-15(20(21,22)23)10-16(17)14-6-4-5-13(9-14)11-24/h4-11H,12H2,1-3H3. The Morgan fingerprint density at radius 1 is 1.07 bits per heavy atom. The first-order chi connectivity index (χ1) is 12.5. The van der Waals surface area contributed by atoms with Crippen LogP contribution in [0.5, 0.6) is 5.75 Å². The first-order valence-electron chi connectivity index (χ1n) is 8.11. The third kappa shape index (κ3) is 5.84. The number of aldehydes is 1. The fourth-order valence-electron chi connectivity index (χ4n) is 2.34. The van der Waals surface area contributed by atoms with Gasteiger partial charge in [-0.3, -0.25) is 4.79 Å². The van der Waals surface area contributed by atoms with E-state index in [1.165, 1.54) is 12.1 Å². The van der Waals surface area contributed by atoms with Crippen molar-refractivity contribution in [1.29, 1.82) is 0 Å². The molecule has 0 aliphatic rings. The van der Waals surface area contributed by atoms with Crippen LogP contribution < -0.4 is 4.74 Å². The minimum Gasteiger partial charge on any atom is -0.481 e. The van der Waals surface area contributed by atoms with Gasteiger partial charge in [-0.2, -0.15) is 13.2 Å². The molecule has 0 aliphatic heterocycles. The van der Waals surface area contributed by atoms with E-state index in [2.05, 4.69) is 0 Å². The normalized spacial score (nSPS) is 11.8. The van der Waals surface area contributed by atoms with Gasteiger partial charge >= 0.3 is 12.1 Å². The number of rotatable bonds is 5. The molecular weight excluding hydrogens is 361 g/mol. The fraction of sp³-hybridized carbons (Fsp3) is 0.300. The maximum absolute atomic E-state index is 13.1. The van der Waals surface area contributed by atoms with E-state index in [0.717, 1.165) is 18.2 Å². The SMILES string of the molecule is CC(C)(C)OC(=O)COc1ccc(C(F)(F)F)cc1-c1cccc(C=O)c1. The molecule has 0 saturated carbocycles. The van der Waals surface area contributed by atoms with Crippen molar-refractivity contribution < 1.29 is 32.2 Å². The molecule has 0 heterocycles. The van der Waals surface area contributed by atoms with Gasteiger partial charge in [-0.05, 0) is 50.6 Å². The van der Waals surface area contributed by atoms with E-state index in [4.69, 9.17) is 9.47 Å². The Balaban J connectivity index is 2.38. The number of carbonyl (C=O) groups excluding carboxylic acids is 2. The molecule has 0 amide bonds. The van der Waals surface area contributed by atoms with E-state index in [1.54, 1.807) is 32.9 Å². The highest BCUT2D eigenvalue weighted by Gasteiger charge is 2.31. The van der Waals surface area contributed by atoms with Crippen LogP contribution in [0.15, 0.2) is 42.5 Å². The number of hydrogen-bond acceptors (Lipinski definition) is 4. The molecule has 0 aromatic heterocycles. The van der Waals surface area contributed by atoms with Gasteiger partial charge in [0.15, 0.2) is 6.61 Å². The van der Waals surface area contributed by atoms with Crippen LogP contribution in [-0.2, 0) is 15.7 Å². The zero-order valence-electron chi connectivity index (χ0n) is 15.1. The summed E-state index contributed by atoms with van der Waals surface area (Å²) in [5, 5.41) is 0. The predicted octanol–water partition coefficient (Wildman–Crippen LogP) is 4.91. The molecule has 2 aromatic rings. The third-order valence-corrected chi connectivity index (χ3v) is 3.41. The molecule has 4 nitrogen and oxygen atoms in total. The quantitative estimate of drug-likeness (QED) is 0.547. The van der Waals surface area contributed by atoms with Crippen LogP contribution >= 0.6 is 0 Å². The smallest absolute Gasteiger partial charge is 0.416 e. The van der Waals surface area contributed by atoms with Crippen LogP contribution in [0.25, 0.3) is 11.1 Å². The van der Waals surface area contributed by atoms with E-state index < -0.39 is 29.9 Å². The van der Waals surface area contributed by atoms with Crippen LogP contribution in [0.4, 0.5) is 13.2 Å². The molecule has 0 radical (unpaired) electrons. The van der Waals surface area contributed by atoms with Crippen LogP contribution in [0.3, 0.4) is 0 Å². The first-order valence-corrected chi connectivity index (χ1v) is 8.11. The molecule has 2 aromatic carbocycles. The van der Waals surface area contributed by atoms with Crippen molar-refractivity contribution in [3.8, 4) is 16.9 Å². The van der Waals surface area contributed by atoms with Crippen molar-refractivity contribution in [2.45, 2.75) is 32.5 Å². The summed E-state index contributed by atoms with van der Waals surface area (Å²) in [6.45, 7) is 4.63. The number of halogens is 3. The van der Waals surface area contributed by atoms with Gasteiger partial charge in [0, 0.05) is 11.1 Å². The van der Waals surface area contributed by atoms with E-state index >= 15 is 0 Å². The molecule has 0 fully saturated rings. The van der Waals surface area contributed by atoms with Gasteiger partial charge in [-0.15, -0.1) is 0 Å². The molecule has 0 bridgehead atoms. The van der Waals surface area contributed by atoms with Crippen molar-refractivity contribution >= 4 is 12.3 Å². The minimum absolute atomic E-state index is 0.0805. The second kappa shape index (κ2) is 7.82. The lowest BCUT2D eigenvalue weighted by Gasteiger charge is -2.20. The maximum atomic E-state index is 13.1. The molecule has 27 heavy (non-hydrogen) atoms. The Kier molecular flexibility index (Phi) is 5.93. The number of benzene rings is 2. The predicted molar refractivity (Wildman–Crippen MR) is 93.6 cm³/mol. The van der Waals surface area contributed by atoms with Crippen molar-refractivity contribution in [3.63, 3.8) is 0 Å². The number of esters is 1. The van der Waals surface area contributed by atoms with E-state index in [-0.39, 0.29) is 11.3 Å². The van der Waals surface area contributed by atoms with Gasteiger partial charge in [0.1, 0.15) is 17.6 Å². The number of alkyl halides is 3. The zero-order valence-corrected chi connectivity index (χ0v) is 15.1. The number of ether oxygens (including phenoxy) is 2. The molecule has 0 atom stereocenters. The van der Waals surface area contributed by atoms with Gasteiger partial charge in [0.05, 0.1) is 5.56 Å². The monoisotopic (exact) mass is 380 g/mol. The molecule has 0 aliphatic carbocycles. The van der Waals surface area contributed by atoms with Gasteiger partial charge in [-0.25, -0.2) is 4.79 Å². The summed E-state index contributed by atoms with van der Waals surface area (Å²) >= 11 is 0. The lowest BCUT2D eigenvalue weighted by Crippen LogP contribution is -2.27. The molecule has 144 valence electrons. The maximum Gasteiger partial charge on any atom is 0.416 e. The second-order valence-electron chi connectivity index (χ2n) is 6.83. The average molecular weight is 380 g/mol. The number of carbonyl (C=O) groups is 2. The van der Waals surface area contributed by atoms with Gasteiger partial charge in [0.2, 0.25) is 0 Å². The Morgan fingerprint density at radius 3 is 2.37 bits per heavy atom. The molecule has 7 heteroatoms. The average Bonchev–Trinajstić information content (AvgIpc) is 2.57. The fourth-order valence-corrected chi connectivity index (χ4v) is 2.34. The summed E-state index contributed by atoms with van der Waals surface area (Å²) in [6, 6.07) is 9.04. The summed E-state index contributed by atoms with van der Waals surface area (Å²) in [6.07, 6.45) is -3.95. The lowest BCUT2D eigenvalue weighted by atomic mass is 10.00. The van der Waals surface area contributed by atoms with Gasteiger partial charge in [0.25, 0.3) is 0 Å². The summed E-state index contributed by atoms with van der Waals surface area (Å²) in [4.78, 5) is 22.8. The lowest BCUT2D eigenvalue weighted by molar-refractivity contribution is -0.157. The Morgan fingerprint density at radius 2 is 1.78 bits per heavy atom. The van der Waals surface area contributed by atoms with Crippen LogP contribution in [-0.4, -0.2) is 24.5 Å². The first kappa shape index (κ1) is 20.5. The molecule has 2 rings (SSSR count). The van der Waals surface area contributed by atoms with Crippen molar-refractivity contribution in [1.82, 2.24) is 0 Å². The second-order valence-corrected chi connectivity index (χ2v) is 6.83. The summed E-state index contributed by atoms with van der Waals surface area (Å²) < 4.78 is 49.8. The largest absolute Gasteiger partial charge is 0.481 e. The Hall–Kier alpha value is -2.83. The molecule has 0 N–H and O–H groups in total.